The van der Waals surface area contributed by atoms with E-state index in [1.165, 1.54) is 0 Å². The molecule has 0 radical (unpaired) electrons. The lowest BCUT2D eigenvalue weighted by atomic mass is 10.1. The van der Waals surface area contributed by atoms with Gasteiger partial charge in [-0.25, -0.2) is 0 Å². The van der Waals surface area contributed by atoms with Crippen molar-refractivity contribution >= 4 is 6.08 Å². The molecule has 0 aliphatic rings. The minimum absolute atomic E-state index is 0.0155. The summed E-state index contributed by atoms with van der Waals surface area (Å²) >= 11 is 0. The van der Waals surface area contributed by atoms with E-state index in [1.807, 2.05) is 86.7 Å². The smallest absolute Gasteiger partial charge is 0.162 e. The van der Waals surface area contributed by atoms with Crippen LogP contribution in [0.1, 0.15) is 30.5 Å². The molecule has 32 heavy (non-hydrogen) atoms. The average molecular weight is 435 g/mol. The van der Waals surface area contributed by atoms with Crippen LogP contribution >= 0.6 is 0 Å². The number of ether oxygens (including phenoxy) is 4. The maximum absolute atomic E-state index is 9.07. The first kappa shape index (κ1) is 23.2. The first-order valence-electron chi connectivity index (χ1n) is 10.8. The quantitative estimate of drug-likeness (QED) is 0.399. The van der Waals surface area contributed by atoms with Gasteiger partial charge >= 0.3 is 0 Å². The Bertz CT molecular complexity index is 978. The molecule has 0 bridgehead atoms. The predicted molar refractivity (Wildman–Crippen MR) is 126 cm³/mol. The highest BCUT2D eigenvalue weighted by atomic mass is 16.5. The maximum Gasteiger partial charge on any atom is 0.162 e. The molecule has 0 atom stereocenters. The Morgan fingerprint density at radius 1 is 0.656 bits per heavy atom. The molecule has 1 N–H and O–H groups in total. The molecule has 0 unspecified atom stereocenters. The van der Waals surface area contributed by atoms with Gasteiger partial charge in [-0.3, -0.25) is 0 Å². The molecular formula is C27H30O5. The van der Waals surface area contributed by atoms with Gasteiger partial charge in [0.1, 0.15) is 24.7 Å². The molecule has 0 aromatic heterocycles. The number of hydrogen-bond acceptors (Lipinski definition) is 5. The minimum Gasteiger partial charge on any atom is -0.494 e. The van der Waals surface area contributed by atoms with Crippen molar-refractivity contribution in [2.24, 2.45) is 0 Å². The second-order valence-electron chi connectivity index (χ2n) is 7.02. The van der Waals surface area contributed by atoms with Crippen LogP contribution in [0.3, 0.4) is 0 Å². The third-order valence-electron chi connectivity index (χ3n) is 4.64. The highest BCUT2D eigenvalue weighted by Crippen LogP contribution is 2.31. The zero-order valence-electron chi connectivity index (χ0n) is 18.6. The molecule has 168 valence electrons. The normalized spacial score (nSPS) is 10.8. The molecule has 5 heteroatoms. The van der Waals surface area contributed by atoms with Crippen LogP contribution < -0.4 is 18.9 Å². The van der Waals surface area contributed by atoms with Crippen molar-refractivity contribution in [2.45, 2.75) is 27.1 Å². The van der Waals surface area contributed by atoms with E-state index in [4.69, 9.17) is 24.1 Å². The fourth-order valence-corrected chi connectivity index (χ4v) is 3.07. The average Bonchev–Trinajstić information content (AvgIpc) is 2.83. The van der Waals surface area contributed by atoms with Gasteiger partial charge in [-0.1, -0.05) is 42.5 Å². The highest BCUT2D eigenvalue weighted by molar-refractivity contribution is 5.56. The predicted octanol–water partition coefficient (Wildman–Crippen LogP) is 5.65. The van der Waals surface area contributed by atoms with Crippen LogP contribution in [0.25, 0.3) is 6.08 Å². The Kier molecular flexibility index (Phi) is 9.02. The van der Waals surface area contributed by atoms with Gasteiger partial charge in [0, 0.05) is 0 Å². The van der Waals surface area contributed by atoms with Crippen LogP contribution in [0.4, 0.5) is 0 Å². The summed E-state index contributed by atoms with van der Waals surface area (Å²) in [7, 11) is 0. The van der Waals surface area contributed by atoms with Crippen molar-refractivity contribution in [1.29, 1.82) is 0 Å². The largest absolute Gasteiger partial charge is 0.494 e. The van der Waals surface area contributed by atoms with Crippen molar-refractivity contribution in [2.75, 3.05) is 19.8 Å². The summed E-state index contributed by atoms with van der Waals surface area (Å²) in [6, 6.07) is 21.4. The standard InChI is InChI=1S/C27H30O5/c1-3-29-24-12-7-22(8-13-24)19-31-26-16-11-21(6-5-17-28)18-27(26)32-20-23-9-14-25(15-10-23)30-4-2/h5-16,18,28H,3-4,17,19-20H2,1-2H3/b6-5+. The van der Waals surface area contributed by atoms with E-state index < -0.39 is 0 Å². The van der Waals surface area contributed by atoms with Gasteiger partial charge in [0.2, 0.25) is 0 Å². The molecule has 0 saturated carbocycles. The molecule has 3 rings (SSSR count). The molecular weight excluding hydrogens is 404 g/mol. The summed E-state index contributed by atoms with van der Waals surface area (Å²) in [6.07, 6.45) is 3.53. The van der Waals surface area contributed by atoms with E-state index in [0.29, 0.717) is 37.9 Å². The Labute approximate surface area is 189 Å². The van der Waals surface area contributed by atoms with Crippen LogP contribution in [0.2, 0.25) is 0 Å². The van der Waals surface area contributed by atoms with Crippen LogP contribution in [-0.2, 0) is 13.2 Å². The summed E-state index contributed by atoms with van der Waals surface area (Å²) in [5.74, 6) is 2.98. The van der Waals surface area contributed by atoms with Crippen LogP contribution in [0.5, 0.6) is 23.0 Å². The third kappa shape index (κ3) is 7.06. The van der Waals surface area contributed by atoms with Crippen LogP contribution in [0.15, 0.2) is 72.8 Å². The second kappa shape index (κ2) is 12.4. The molecule has 0 saturated heterocycles. The number of benzene rings is 3. The van der Waals surface area contributed by atoms with Gasteiger partial charge < -0.3 is 24.1 Å². The minimum atomic E-state index is -0.0155. The van der Waals surface area contributed by atoms with Gasteiger partial charge in [0.05, 0.1) is 19.8 Å². The summed E-state index contributed by atoms with van der Waals surface area (Å²) < 4.78 is 23.1. The van der Waals surface area contributed by atoms with E-state index in [1.54, 1.807) is 6.08 Å². The van der Waals surface area contributed by atoms with Gasteiger partial charge in [-0.05, 0) is 66.9 Å². The summed E-state index contributed by atoms with van der Waals surface area (Å²) in [5, 5.41) is 9.07. The van der Waals surface area contributed by atoms with Crippen LogP contribution in [0, 0.1) is 0 Å². The van der Waals surface area contributed by atoms with Gasteiger partial charge in [-0.2, -0.15) is 0 Å². The summed E-state index contributed by atoms with van der Waals surface area (Å²) in [5.41, 5.74) is 2.99. The van der Waals surface area contributed by atoms with Crippen molar-refractivity contribution in [3.05, 3.63) is 89.5 Å². The Hall–Kier alpha value is -3.44. The van der Waals surface area contributed by atoms with Crippen LogP contribution in [-0.4, -0.2) is 24.9 Å². The number of aliphatic hydroxyl groups excluding tert-OH is 1. The van der Waals surface area contributed by atoms with Gasteiger partial charge in [0.25, 0.3) is 0 Å². The fourth-order valence-electron chi connectivity index (χ4n) is 3.07. The van der Waals surface area contributed by atoms with Gasteiger partial charge in [-0.15, -0.1) is 0 Å². The molecule has 5 nitrogen and oxygen atoms in total. The molecule has 3 aromatic rings. The van der Waals surface area contributed by atoms with Crippen molar-refractivity contribution in [3.63, 3.8) is 0 Å². The molecule has 0 fully saturated rings. The number of aliphatic hydroxyl groups is 1. The Morgan fingerprint density at radius 2 is 1.19 bits per heavy atom. The second-order valence-corrected chi connectivity index (χ2v) is 7.02. The Balaban J connectivity index is 1.70. The van der Waals surface area contributed by atoms with E-state index in [9.17, 15) is 0 Å². The van der Waals surface area contributed by atoms with Crippen molar-refractivity contribution < 1.29 is 24.1 Å². The third-order valence-corrected chi connectivity index (χ3v) is 4.64. The molecule has 0 heterocycles. The molecule has 0 aliphatic heterocycles. The zero-order valence-corrected chi connectivity index (χ0v) is 18.6. The van der Waals surface area contributed by atoms with Gasteiger partial charge in [0.15, 0.2) is 11.5 Å². The summed E-state index contributed by atoms with van der Waals surface area (Å²) in [4.78, 5) is 0. The molecule has 0 amide bonds. The maximum atomic E-state index is 9.07. The Morgan fingerprint density at radius 3 is 1.69 bits per heavy atom. The SMILES string of the molecule is CCOc1ccc(COc2ccc(/C=C/CO)cc2OCc2ccc(OCC)cc2)cc1. The molecule has 0 aliphatic carbocycles. The number of hydrogen-bond donors (Lipinski definition) is 1. The number of rotatable bonds is 12. The van der Waals surface area contributed by atoms with E-state index in [-0.39, 0.29) is 6.61 Å². The highest BCUT2D eigenvalue weighted by Gasteiger charge is 2.08. The zero-order chi connectivity index (χ0) is 22.6. The fraction of sp³-hybridized carbons (Fsp3) is 0.259. The molecule has 0 spiro atoms. The molecule has 3 aromatic carbocycles. The van der Waals surface area contributed by atoms with Crippen molar-refractivity contribution in [3.8, 4) is 23.0 Å². The lowest BCUT2D eigenvalue weighted by Gasteiger charge is -2.14. The van der Waals surface area contributed by atoms with E-state index in [2.05, 4.69) is 0 Å². The summed E-state index contributed by atoms with van der Waals surface area (Å²) in [6.45, 7) is 6.01. The van der Waals surface area contributed by atoms with E-state index in [0.717, 1.165) is 28.2 Å². The lowest BCUT2D eigenvalue weighted by molar-refractivity contribution is 0.255. The van der Waals surface area contributed by atoms with Crippen molar-refractivity contribution in [1.82, 2.24) is 0 Å². The first-order valence-corrected chi connectivity index (χ1v) is 10.8. The van der Waals surface area contributed by atoms with E-state index >= 15 is 0 Å². The lowest BCUT2D eigenvalue weighted by Crippen LogP contribution is -2.01. The monoisotopic (exact) mass is 434 g/mol. The first-order chi connectivity index (χ1) is 15.7. The topological polar surface area (TPSA) is 57.2 Å².